The first-order valence-electron chi connectivity index (χ1n) is 3.67. The largest absolute Gasteiger partial charge is 0.464 e. The summed E-state index contributed by atoms with van der Waals surface area (Å²) in [6, 6.07) is 0. The van der Waals surface area contributed by atoms with Crippen LogP contribution in [0.2, 0.25) is 5.28 Å². The first-order valence-corrected chi connectivity index (χ1v) is 4.05. The smallest absolute Gasteiger partial charge is 0.360 e. The van der Waals surface area contributed by atoms with Crippen LogP contribution in [0, 0.1) is 0 Å². The molecular formula is C7H5ClN4O2. The minimum atomic E-state index is -0.564. The number of hydrogen-bond acceptors (Lipinski definition) is 5. The van der Waals surface area contributed by atoms with E-state index in [1.807, 2.05) is 0 Å². The van der Waals surface area contributed by atoms with Crippen molar-refractivity contribution in [3.63, 3.8) is 0 Å². The monoisotopic (exact) mass is 212 g/mol. The van der Waals surface area contributed by atoms with Crippen LogP contribution in [-0.2, 0) is 4.74 Å². The Hall–Kier alpha value is -1.69. The van der Waals surface area contributed by atoms with Gasteiger partial charge in [-0.15, -0.1) is 0 Å². The van der Waals surface area contributed by atoms with E-state index in [2.05, 4.69) is 24.9 Å². The molecule has 0 fully saturated rings. The van der Waals surface area contributed by atoms with Crippen LogP contribution in [0.15, 0.2) is 6.20 Å². The lowest BCUT2D eigenvalue weighted by atomic mass is 10.3. The summed E-state index contributed by atoms with van der Waals surface area (Å²) in [7, 11) is 1.27. The number of aromatic nitrogens is 4. The molecule has 2 aromatic heterocycles. The Morgan fingerprint density at radius 2 is 2.43 bits per heavy atom. The summed E-state index contributed by atoms with van der Waals surface area (Å²) in [5.41, 5.74) is 0.999. The van der Waals surface area contributed by atoms with E-state index in [0.29, 0.717) is 11.0 Å². The molecule has 0 saturated carbocycles. The highest BCUT2D eigenvalue weighted by atomic mass is 35.5. The van der Waals surface area contributed by atoms with Crippen LogP contribution in [-0.4, -0.2) is 33.2 Å². The normalized spacial score (nSPS) is 10.4. The van der Waals surface area contributed by atoms with E-state index in [9.17, 15) is 4.79 Å². The highest BCUT2D eigenvalue weighted by molar-refractivity contribution is 6.28. The van der Waals surface area contributed by atoms with Crippen molar-refractivity contribution in [3.8, 4) is 0 Å². The molecule has 0 aliphatic heterocycles. The number of esters is 1. The molecule has 0 amide bonds. The Labute approximate surface area is 83.3 Å². The van der Waals surface area contributed by atoms with Crippen molar-refractivity contribution in [3.05, 3.63) is 17.2 Å². The lowest BCUT2D eigenvalue weighted by Crippen LogP contribution is -2.02. The molecule has 2 rings (SSSR count). The Kier molecular flexibility index (Phi) is 2.05. The Bertz CT molecular complexity index is 495. The summed E-state index contributed by atoms with van der Waals surface area (Å²) in [6.45, 7) is 0. The van der Waals surface area contributed by atoms with Gasteiger partial charge in [0.25, 0.3) is 0 Å². The van der Waals surface area contributed by atoms with E-state index in [0.717, 1.165) is 0 Å². The fraction of sp³-hybridized carbons (Fsp3) is 0.143. The van der Waals surface area contributed by atoms with Crippen molar-refractivity contribution >= 4 is 28.6 Å². The van der Waals surface area contributed by atoms with Crippen LogP contribution in [0.3, 0.4) is 0 Å². The number of rotatable bonds is 1. The number of methoxy groups -OCH3 is 1. The van der Waals surface area contributed by atoms with Gasteiger partial charge in [-0.1, -0.05) is 0 Å². The minimum absolute atomic E-state index is 0.0593. The second kappa shape index (κ2) is 3.22. The van der Waals surface area contributed by atoms with Crippen LogP contribution in [0.25, 0.3) is 11.0 Å². The number of ether oxygens (including phenoxy) is 1. The van der Waals surface area contributed by atoms with E-state index in [-0.39, 0.29) is 11.0 Å². The van der Waals surface area contributed by atoms with Crippen molar-refractivity contribution in [1.29, 1.82) is 0 Å². The molecule has 0 radical (unpaired) electrons. The molecule has 0 saturated heterocycles. The average molecular weight is 213 g/mol. The van der Waals surface area contributed by atoms with Crippen molar-refractivity contribution in [1.82, 2.24) is 20.2 Å². The number of nitrogens with one attached hydrogen (secondary N) is 1. The topological polar surface area (TPSA) is 80.8 Å². The second-order valence-electron chi connectivity index (χ2n) is 2.47. The third kappa shape index (κ3) is 1.29. The number of carbonyl (C=O) groups is 1. The van der Waals surface area contributed by atoms with Crippen LogP contribution in [0.1, 0.15) is 10.5 Å². The third-order valence-corrected chi connectivity index (χ3v) is 1.83. The van der Waals surface area contributed by atoms with Crippen molar-refractivity contribution in [2.24, 2.45) is 0 Å². The van der Waals surface area contributed by atoms with Crippen LogP contribution in [0.4, 0.5) is 0 Å². The number of hydrogen-bond donors (Lipinski definition) is 1. The van der Waals surface area contributed by atoms with Gasteiger partial charge in [0, 0.05) is 0 Å². The molecule has 0 spiro atoms. The fourth-order valence-corrected chi connectivity index (χ4v) is 1.16. The molecular weight excluding hydrogens is 208 g/mol. The summed E-state index contributed by atoms with van der Waals surface area (Å²) < 4.78 is 4.52. The average Bonchev–Trinajstić information content (AvgIpc) is 2.59. The van der Waals surface area contributed by atoms with Crippen molar-refractivity contribution in [2.45, 2.75) is 0 Å². The number of nitrogens with zero attached hydrogens (tertiary/aromatic N) is 3. The van der Waals surface area contributed by atoms with E-state index in [1.54, 1.807) is 0 Å². The minimum Gasteiger partial charge on any atom is -0.464 e. The lowest BCUT2D eigenvalue weighted by molar-refractivity contribution is 0.0596. The summed E-state index contributed by atoms with van der Waals surface area (Å²) >= 11 is 5.58. The third-order valence-electron chi connectivity index (χ3n) is 1.65. The molecule has 2 heterocycles. The molecule has 0 atom stereocenters. The molecule has 1 N–H and O–H groups in total. The Balaban J connectivity index is 2.67. The van der Waals surface area contributed by atoms with Crippen LogP contribution >= 0.6 is 11.6 Å². The number of carbonyl (C=O) groups excluding carboxylic acids is 1. The highest BCUT2D eigenvalue weighted by Gasteiger charge is 2.16. The Morgan fingerprint density at radius 1 is 1.64 bits per heavy atom. The molecule has 7 heteroatoms. The van der Waals surface area contributed by atoms with Gasteiger partial charge >= 0.3 is 5.97 Å². The summed E-state index contributed by atoms with van der Waals surface area (Å²) in [4.78, 5) is 18.8. The maximum Gasteiger partial charge on any atom is 0.360 e. The SMILES string of the molecule is COC(=O)c1n[nH]c2cnc(Cl)nc12. The second-order valence-corrected chi connectivity index (χ2v) is 2.80. The molecule has 2 aromatic rings. The first kappa shape index (κ1) is 8.89. The molecule has 0 aliphatic carbocycles. The van der Waals surface area contributed by atoms with Gasteiger partial charge in [0.2, 0.25) is 5.28 Å². The van der Waals surface area contributed by atoms with Gasteiger partial charge in [0.1, 0.15) is 11.0 Å². The van der Waals surface area contributed by atoms with Crippen LogP contribution < -0.4 is 0 Å². The van der Waals surface area contributed by atoms with Gasteiger partial charge in [-0.3, -0.25) is 5.10 Å². The van der Waals surface area contributed by atoms with Gasteiger partial charge < -0.3 is 4.74 Å². The number of H-pyrrole nitrogens is 1. The number of fused-ring (bicyclic) bond motifs is 1. The zero-order chi connectivity index (χ0) is 10.1. The molecule has 0 aromatic carbocycles. The molecule has 6 nitrogen and oxygen atoms in total. The predicted molar refractivity (Wildman–Crippen MR) is 48.0 cm³/mol. The maximum atomic E-state index is 11.2. The summed E-state index contributed by atoms with van der Waals surface area (Å²) in [5, 5.41) is 6.40. The van der Waals surface area contributed by atoms with Gasteiger partial charge in [-0.25, -0.2) is 14.8 Å². The summed E-state index contributed by atoms with van der Waals surface area (Å²) in [6.07, 6.45) is 1.45. The molecule has 0 aliphatic rings. The molecule has 14 heavy (non-hydrogen) atoms. The number of halogens is 1. The number of aromatic amines is 1. The van der Waals surface area contributed by atoms with E-state index >= 15 is 0 Å². The van der Waals surface area contributed by atoms with Crippen molar-refractivity contribution < 1.29 is 9.53 Å². The maximum absolute atomic E-state index is 11.2. The molecule has 72 valence electrons. The lowest BCUT2D eigenvalue weighted by Gasteiger charge is -1.93. The van der Waals surface area contributed by atoms with E-state index in [1.165, 1.54) is 13.3 Å². The van der Waals surface area contributed by atoms with E-state index < -0.39 is 5.97 Å². The van der Waals surface area contributed by atoms with E-state index in [4.69, 9.17) is 11.6 Å². The molecule has 0 bridgehead atoms. The zero-order valence-corrected chi connectivity index (χ0v) is 7.87. The zero-order valence-electron chi connectivity index (χ0n) is 7.11. The highest BCUT2D eigenvalue weighted by Crippen LogP contribution is 2.14. The fourth-order valence-electron chi connectivity index (χ4n) is 1.03. The Morgan fingerprint density at radius 3 is 3.14 bits per heavy atom. The van der Waals surface area contributed by atoms with Gasteiger partial charge in [0.15, 0.2) is 5.69 Å². The quantitative estimate of drug-likeness (QED) is 0.558. The molecule has 0 unspecified atom stereocenters. The predicted octanol–water partition coefficient (Wildman–Crippen LogP) is 0.793. The van der Waals surface area contributed by atoms with Gasteiger partial charge in [-0.2, -0.15) is 5.10 Å². The van der Waals surface area contributed by atoms with Gasteiger partial charge in [0.05, 0.1) is 13.3 Å². The van der Waals surface area contributed by atoms with Crippen LogP contribution in [0.5, 0.6) is 0 Å². The van der Waals surface area contributed by atoms with Crippen molar-refractivity contribution in [2.75, 3.05) is 7.11 Å². The van der Waals surface area contributed by atoms with Gasteiger partial charge in [-0.05, 0) is 11.6 Å². The standard InChI is InChI=1S/C7H5ClN4O2/c1-14-6(13)5-4-3(11-12-5)2-9-7(8)10-4/h2H,1H3,(H,11,12). The summed E-state index contributed by atoms with van der Waals surface area (Å²) in [5.74, 6) is -0.564. The first-order chi connectivity index (χ1) is 6.72.